The molecule has 0 bridgehead atoms. The average molecular weight is 233 g/mol. The van der Waals surface area contributed by atoms with E-state index in [1.165, 1.54) is 0 Å². The van der Waals surface area contributed by atoms with Crippen molar-refractivity contribution in [3.8, 4) is 5.75 Å². The van der Waals surface area contributed by atoms with Gasteiger partial charge in [-0.25, -0.2) is 0 Å². The Morgan fingerprint density at radius 3 is 2.82 bits per heavy atom. The lowest BCUT2D eigenvalue weighted by atomic mass is 10.1. The van der Waals surface area contributed by atoms with Gasteiger partial charge in [0.1, 0.15) is 18.6 Å². The molecule has 1 aromatic rings. The van der Waals surface area contributed by atoms with Gasteiger partial charge < -0.3 is 9.84 Å². The molecule has 2 unspecified atom stereocenters. The van der Waals surface area contributed by atoms with Crippen molar-refractivity contribution in [2.45, 2.75) is 25.6 Å². The lowest BCUT2D eigenvalue weighted by Gasteiger charge is -2.34. The quantitative estimate of drug-likeness (QED) is 0.808. The van der Waals surface area contributed by atoms with Crippen molar-refractivity contribution in [3.63, 3.8) is 0 Å². The van der Waals surface area contributed by atoms with Crippen molar-refractivity contribution in [1.29, 1.82) is 0 Å². The standard InChI is InChI=1S/C14H19NO2/c1-12(16)15-10-6-5-7-13(15)11-17-14-8-3-2-4-9-14/h2-6,8-9,12-13,16H,7,10-11H2,1H3. The van der Waals surface area contributed by atoms with Gasteiger partial charge in [0, 0.05) is 12.6 Å². The molecule has 0 aromatic heterocycles. The third-order valence-corrected chi connectivity index (χ3v) is 3.03. The second kappa shape index (κ2) is 5.84. The fourth-order valence-corrected chi connectivity index (χ4v) is 2.06. The molecule has 1 heterocycles. The van der Waals surface area contributed by atoms with E-state index in [-0.39, 0.29) is 6.04 Å². The summed E-state index contributed by atoms with van der Waals surface area (Å²) in [5.74, 6) is 0.882. The van der Waals surface area contributed by atoms with Crippen LogP contribution >= 0.6 is 0 Å². The first kappa shape index (κ1) is 12.1. The average Bonchev–Trinajstić information content (AvgIpc) is 2.38. The number of aliphatic hydroxyl groups is 1. The van der Waals surface area contributed by atoms with Gasteiger partial charge in [0.2, 0.25) is 0 Å². The second-order valence-electron chi connectivity index (χ2n) is 4.31. The summed E-state index contributed by atoms with van der Waals surface area (Å²) in [4.78, 5) is 2.04. The van der Waals surface area contributed by atoms with E-state index in [2.05, 4.69) is 12.2 Å². The van der Waals surface area contributed by atoms with Gasteiger partial charge in [0.05, 0.1) is 0 Å². The van der Waals surface area contributed by atoms with E-state index >= 15 is 0 Å². The van der Waals surface area contributed by atoms with Crippen molar-refractivity contribution in [2.24, 2.45) is 0 Å². The first-order chi connectivity index (χ1) is 8.27. The van der Waals surface area contributed by atoms with Crippen LogP contribution in [0.3, 0.4) is 0 Å². The van der Waals surface area contributed by atoms with E-state index < -0.39 is 6.23 Å². The number of para-hydroxylation sites is 1. The van der Waals surface area contributed by atoms with Crippen molar-refractivity contribution >= 4 is 0 Å². The van der Waals surface area contributed by atoms with Crippen molar-refractivity contribution in [1.82, 2.24) is 4.90 Å². The Morgan fingerprint density at radius 2 is 2.12 bits per heavy atom. The number of ether oxygens (including phenoxy) is 1. The maximum atomic E-state index is 9.68. The molecule has 0 fully saturated rings. The monoisotopic (exact) mass is 233 g/mol. The number of hydrogen-bond acceptors (Lipinski definition) is 3. The second-order valence-corrected chi connectivity index (χ2v) is 4.31. The Bertz CT molecular complexity index is 362. The van der Waals surface area contributed by atoms with Gasteiger partial charge in [-0.2, -0.15) is 0 Å². The summed E-state index contributed by atoms with van der Waals surface area (Å²) >= 11 is 0. The molecular weight excluding hydrogens is 214 g/mol. The maximum absolute atomic E-state index is 9.68. The molecule has 0 radical (unpaired) electrons. The normalized spacial score (nSPS) is 22.4. The number of aliphatic hydroxyl groups excluding tert-OH is 1. The summed E-state index contributed by atoms with van der Waals surface area (Å²) in [7, 11) is 0. The van der Waals surface area contributed by atoms with E-state index in [4.69, 9.17) is 4.74 Å². The van der Waals surface area contributed by atoms with E-state index in [0.717, 1.165) is 18.7 Å². The summed E-state index contributed by atoms with van der Waals surface area (Å²) in [6.45, 7) is 3.20. The maximum Gasteiger partial charge on any atom is 0.119 e. The molecule has 0 spiro atoms. The van der Waals surface area contributed by atoms with Crippen LogP contribution in [0.5, 0.6) is 5.75 Å². The molecule has 3 heteroatoms. The van der Waals surface area contributed by atoms with Crippen LogP contribution in [0.4, 0.5) is 0 Å². The number of hydrogen-bond donors (Lipinski definition) is 1. The number of nitrogens with zero attached hydrogens (tertiary/aromatic N) is 1. The highest BCUT2D eigenvalue weighted by atomic mass is 16.5. The van der Waals surface area contributed by atoms with Crippen LogP contribution in [-0.4, -0.2) is 35.4 Å². The molecule has 1 aliphatic heterocycles. The number of rotatable bonds is 4. The minimum Gasteiger partial charge on any atom is -0.492 e. The van der Waals surface area contributed by atoms with Crippen LogP contribution < -0.4 is 4.74 Å². The molecule has 3 nitrogen and oxygen atoms in total. The highest BCUT2D eigenvalue weighted by Crippen LogP contribution is 2.16. The van der Waals surface area contributed by atoms with Crippen molar-refractivity contribution in [2.75, 3.05) is 13.2 Å². The van der Waals surface area contributed by atoms with Gasteiger partial charge >= 0.3 is 0 Å². The van der Waals surface area contributed by atoms with E-state index in [9.17, 15) is 5.11 Å². The molecule has 0 saturated heterocycles. The van der Waals surface area contributed by atoms with Crippen LogP contribution in [0, 0.1) is 0 Å². The summed E-state index contributed by atoms with van der Waals surface area (Å²) in [6.07, 6.45) is 4.74. The topological polar surface area (TPSA) is 32.7 Å². The van der Waals surface area contributed by atoms with Gasteiger partial charge in [-0.05, 0) is 25.5 Å². The molecule has 1 aromatic carbocycles. The zero-order valence-corrected chi connectivity index (χ0v) is 10.1. The van der Waals surface area contributed by atoms with E-state index in [1.807, 2.05) is 35.2 Å². The van der Waals surface area contributed by atoms with Crippen LogP contribution in [0.25, 0.3) is 0 Å². The molecule has 92 valence electrons. The molecule has 1 N–H and O–H groups in total. The highest BCUT2D eigenvalue weighted by molar-refractivity contribution is 5.21. The highest BCUT2D eigenvalue weighted by Gasteiger charge is 2.23. The zero-order valence-electron chi connectivity index (χ0n) is 10.1. The molecule has 17 heavy (non-hydrogen) atoms. The molecule has 0 aliphatic carbocycles. The molecule has 2 atom stereocenters. The Labute approximate surface area is 102 Å². The van der Waals surface area contributed by atoms with Gasteiger partial charge in [-0.1, -0.05) is 30.4 Å². The third-order valence-electron chi connectivity index (χ3n) is 3.03. The minimum atomic E-state index is -0.427. The Balaban J connectivity index is 1.91. The van der Waals surface area contributed by atoms with Gasteiger partial charge in [0.25, 0.3) is 0 Å². The third kappa shape index (κ3) is 3.32. The summed E-state index contributed by atoms with van der Waals surface area (Å²) in [6, 6.07) is 10.0. The smallest absolute Gasteiger partial charge is 0.119 e. The van der Waals surface area contributed by atoms with E-state index in [1.54, 1.807) is 6.92 Å². The predicted molar refractivity (Wildman–Crippen MR) is 67.9 cm³/mol. The molecule has 1 aliphatic rings. The van der Waals surface area contributed by atoms with Crippen molar-refractivity contribution < 1.29 is 9.84 Å². The summed E-state index contributed by atoms with van der Waals surface area (Å²) < 4.78 is 5.74. The number of benzene rings is 1. The first-order valence-corrected chi connectivity index (χ1v) is 6.04. The SMILES string of the molecule is CC(O)N1CC=CCC1COc1ccccc1. The summed E-state index contributed by atoms with van der Waals surface area (Å²) in [5, 5.41) is 9.68. The fraction of sp³-hybridized carbons (Fsp3) is 0.429. The van der Waals surface area contributed by atoms with Crippen molar-refractivity contribution in [3.05, 3.63) is 42.5 Å². The Kier molecular flexibility index (Phi) is 4.18. The van der Waals surface area contributed by atoms with E-state index in [0.29, 0.717) is 6.61 Å². The first-order valence-electron chi connectivity index (χ1n) is 6.04. The lowest BCUT2D eigenvalue weighted by Crippen LogP contribution is -2.46. The minimum absolute atomic E-state index is 0.250. The predicted octanol–water partition coefficient (Wildman–Crippen LogP) is 2.03. The fourth-order valence-electron chi connectivity index (χ4n) is 2.06. The largest absolute Gasteiger partial charge is 0.492 e. The summed E-state index contributed by atoms with van der Waals surface area (Å²) in [5.41, 5.74) is 0. The molecular formula is C14H19NO2. The molecule has 0 amide bonds. The molecule has 0 saturated carbocycles. The Morgan fingerprint density at radius 1 is 1.35 bits per heavy atom. The van der Waals surface area contributed by atoms with Crippen LogP contribution in [0.15, 0.2) is 42.5 Å². The zero-order chi connectivity index (χ0) is 12.1. The lowest BCUT2D eigenvalue weighted by molar-refractivity contribution is -0.0186. The van der Waals surface area contributed by atoms with Crippen LogP contribution in [0.2, 0.25) is 0 Å². The Hall–Kier alpha value is -1.32. The van der Waals surface area contributed by atoms with Crippen LogP contribution in [-0.2, 0) is 0 Å². The van der Waals surface area contributed by atoms with Gasteiger partial charge in [0.15, 0.2) is 0 Å². The molecule has 2 rings (SSSR count). The van der Waals surface area contributed by atoms with Crippen LogP contribution in [0.1, 0.15) is 13.3 Å². The van der Waals surface area contributed by atoms with Gasteiger partial charge in [-0.15, -0.1) is 0 Å². The van der Waals surface area contributed by atoms with Gasteiger partial charge in [-0.3, -0.25) is 4.90 Å².